The Kier molecular flexibility index (Phi) is 8.47. The molecule has 1 aliphatic rings. The molecule has 1 aliphatic heterocycles. The van der Waals surface area contributed by atoms with Gasteiger partial charge in [0.25, 0.3) is 0 Å². The van der Waals surface area contributed by atoms with Gasteiger partial charge in [0, 0.05) is 0 Å². The van der Waals surface area contributed by atoms with Crippen molar-refractivity contribution in [3.8, 4) is 0 Å². The van der Waals surface area contributed by atoms with E-state index in [1.54, 1.807) is 0 Å². The zero-order valence-corrected chi connectivity index (χ0v) is 12.5. The number of nitrogens with one attached hydrogen (secondary N) is 2. The first-order chi connectivity index (χ1) is 7.65. The SMILES string of the molecule is CCCCCCCC1C(=O)NC(=O)NC1=O.[Na+]. The molecule has 0 bridgehead atoms. The van der Waals surface area contributed by atoms with Gasteiger partial charge >= 0.3 is 35.6 Å². The molecule has 0 spiro atoms. The second kappa shape index (κ2) is 8.66. The molecule has 1 saturated heterocycles. The predicted octanol–water partition coefficient (Wildman–Crippen LogP) is -1.67. The molecular formula is C11H18N2NaO3+. The number of hydrogen-bond donors (Lipinski definition) is 2. The minimum absolute atomic E-state index is 0. The Morgan fingerprint density at radius 2 is 1.47 bits per heavy atom. The van der Waals surface area contributed by atoms with Crippen LogP contribution in [0.5, 0.6) is 0 Å². The standard InChI is InChI=1S/C11H18N2O3.Na/c1-2-3-4-5-6-7-8-9(14)12-11(16)13-10(8)15;/h8H,2-7H2,1H3,(H2,12,13,14,15,16);/q;+1. The van der Waals surface area contributed by atoms with E-state index in [-0.39, 0.29) is 29.6 Å². The summed E-state index contributed by atoms with van der Waals surface area (Å²) in [5.74, 6) is -1.63. The number of carbonyl (C=O) groups is 3. The average molecular weight is 249 g/mol. The van der Waals surface area contributed by atoms with Crippen LogP contribution < -0.4 is 40.2 Å². The molecule has 0 aromatic heterocycles. The molecule has 0 aromatic rings. The van der Waals surface area contributed by atoms with Crippen LogP contribution in [-0.4, -0.2) is 17.8 Å². The molecule has 1 rings (SSSR count). The summed E-state index contributed by atoms with van der Waals surface area (Å²) >= 11 is 0. The Hall–Kier alpha value is -0.390. The summed E-state index contributed by atoms with van der Waals surface area (Å²) in [4.78, 5) is 33.5. The molecule has 17 heavy (non-hydrogen) atoms. The minimum Gasteiger partial charge on any atom is -0.277 e. The molecule has 5 nitrogen and oxygen atoms in total. The van der Waals surface area contributed by atoms with E-state index in [0.717, 1.165) is 19.3 Å². The van der Waals surface area contributed by atoms with Crippen LogP contribution in [-0.2, 0) is 9.59 Å². The summed E-state index contributed by atoms with van der Waals surface area (Å²) < 4.78 is 0. The van der Waals surface area contributed by atoms with Crippen molar-refractivity contribution >= 4 is 17.8 Å². The number of barbiturate groups is 1. The quantitative estimate of drug-likeness (QED) is 0.336. The van der Waals surface area contributed by atoms with Crippen molar-refractivity contribution in [3.05, 3.63) is 0 Å². The predicted molar refractivity (Wildman–Crippen MR) is 58.5 cm³/mol. The van der Waals surface area contributed by atoms with Gasteiger partial charge in [0.2, 0.25) is 11.8 Å². The molecule has 0 unspecified atom stereocenters. The Morgan fingerprint density at radius 3 is 2.00 bits per heavy atom. The van der Waals surface area contributed by atoms with Gasteiger partial charge in [-0.15, -0.1) is 0 Å². The second-order valence-electron chi connectivity index (χ2n) is 4.06. The van der Waals surface area contributed by atoms with Crippen molar-refractivity contribution in [1.29, 1.82) is 0 Å². The van der Waals surface area contributed by atoms with Crippen molar-refractivity contribution in [2.45, 2.75) is 45.4 Å². The maximum atomic E-state index is 11.3. The van der Waals surface area contributed by atoms with Gasteiger partial charge in [0.15, 0.2) is 0 Å². The van der Waals surface area contributed by atoms with Crippen LogP contribution in [0.3, 0.4) is 0 Å². The molecule has 0 aromatic carbocycles. The summed E-state index contributed by atoms with van der Waals surface area (Å²) in [5, 5.41) is 4.20. The maximum absolute atomic E-state index is 11.3. The Labute approximate surface area is 123 Å². The Balaban J connectivity index is 0.00000256. The molecule has 90 valence electrons. The zero-order chi connectivity index (χ0) is 12.0. The van der Waals surface area contributed by atoms with E-state index in [4.69, 9.17) is 0 Å². The van der Waals surface area contributed by atoms with Gasteiger partial charge in [-0.05, 0) is 6.42 Å². The first kappa shape index (κ1) is 16.6. The van der Waals surface area contributed by atoms with Crippen molar-refractivity contribution in [2.24, 2.45) is 5.92 Å². The van der Waals surface area contributed by atoms with E-state index in [9.17, 15) is 14.4 Å². The van der Waals surface area contributed by atoms with Gasteiger partial charge in [-0.3, -0.25) is 20.2 Å². The van der Waals surface area contributed by atoms with Gasteiger partial charge in [0.1, 0.15) is 5.92 Å². The molecule has 1 heterocycles. The summed E-state index contributed by atoms with van der Waals surface area (Å²) in [6, 6.07) is -0.711. The van der Waals surface area contributed by atoms with E-state index in [2.05, 4.69) is 17.6 Å². The van der Waals surface area contributed by atoms with Crippen LogP contribution in [0, 0.1) is 5.92 Å². The van der Waals surface area contributed by atoms with Crippen molar-refractivity contribution in [2.75, 3.05) is 0 Å². The van der Waals surface area contributed by atoms with Gasteiger partial charge in [-0.25, -0.2) is 4.79 Å². The van der Waals surface area contributed by atoms with Crippen LogP contribution >= 0.6 is 0 Å². The van der Waals surface area contributed by atoms with Crippen LogP contribution in [0.25, 0.3) is 0 Å². The fourth-order valence-electron chi connectivity index (χ4n) is 1.76. The molecule has 6 heteroatoms. The average Bonchev–Trinajstić information content (AvgIpc) is 2.20. The smallest absolute Gasteiger partial charge is 0.277 e. The summed E-state index contributed by atoms with van der Waals surface area (Å²) in [5.41, 5.74) is 0. The zero-order valence-electron chi connectivity index (χ0n) is 10.5. The summed E-state index contributed by atoms with van der Waals surface area (Å²) in [7, 11) is 0. The number of amides is 4. The Bertz CT molecular complexity index is 274. The Morgan fingerprint density at radius 1 is 0.941 bits per heavy atom. The third kappa shape index (κ3) is 5.66. The number of hydrogen-bond acceptors (Lipinski definition) is 3. The van der Waals surface area contributed by atoms with Gasteiger partial charge in [-0.1, -0.05) is 39.0 Å². The van der Waals surface area contributed by atoms with E-state index >= 15 is 0 Å². The second-order valence-corrected chi connectivity index (χ2v) is 4.06. The van der Waals surface area contributed by atoms with Crippen LogP contribution in [0.15, 0.2) is 0 Å². The van der Waals surface area contributed by atoms with Crippen LogP contribution in [0.2, 0.25) is 0 Å². The van der Waals surface area contributed by atoms with Crippen LogP contribution in [0.4, 0.5) is 4.79 Å². The van der Waals surface area contributed by atoms with E-state index in [1.807, 2.05) is 0 Å². The molecular weight excluding hydrogens is 231 g/mol. The number of carbonyl (C=O) groups excluding carboxylic acids is 3. The van der Waals surface area contributed by atoms with Crippen molar-refractivity contribution in [3.63, 3.8) is 0 Å². The molecule has 2 N–H and O–H groups in total. The largest absolute Gasteiger partial charge is 1.00 e. The van der Waals surface area contributed by atoms with E-state index < -0.39 is 23.8 Å². The van der Waals surface area contributed by atoms with E-state index in [1.165, 1.54) is 12.8 Å². The first-order valence-corrected chi connectivity index (χ1v) is 5.81. The van der Waals surface area contributed by atoms with Gasteiger partial charge in [0.05, 0.1) is 0 Å². The van der Waals surface area contributed by atoms with Crippen LogP contribution in [0.1, 0.15) is 45.4 Å². The summed E-state index contributed by atoms with van der Waals surface area (Å²) in [6.45, 7) is 2.13. The molecule has 0 saturated carbocycles. The normalized spacial score (nSPS) is 16.2. The van der Waals surface area contributed by atoms with Crippen molar-refractivity contribution < 1.29 is 43.9 Å². The third-order valence-electron chi connectivity index (χ3n) is 2.70. The number of urea groups is 1. The molecule has 1 fully saturated rings. The molecule has 4 amide bonds. The number of rotatable bonds is 6. The topological polar surface area (TPSA) is 75.3 Å². The van der Waals surface area contributed by atoms with Crippen molar-refractivity contribution in [1.82, 2.24) is 10.6 Å². The van der Waals surface area contributed by atoms with Gasteiger partial charge in [-0.2, -0.15) is 0 Å². The van der Waals surface area contributed by atoms with Gasteiger partial charge < -0.3 is 0 Å². The molecule has 0 aliphatic carbocycles. The number of imide groups is 2. The number of unbranched alkanes of at least 4 members (excludes halogenated alkanes) is 4. The van der Waals surface area contributed by atoms with E-state index in [0.29, 0.717) is 6.42 Å². The maximum Gasteiger partial charge on any atom is 1.00 e. The monoisotopic (exact) mass is 249 g/mol. The third-order valence-corrected chi connectivity index (χ3v) is 2.70. The minimum atomic E-state index is -0.711. The fraction of sp³-hybridized carbons (Fsp3) is 0.727. The summed E-state index contributed by atoms with van der Waals surface area (Å²) in [6.07, 6.45) is 5.87. The molecule has 0 atom stereocenters. The molecule has 0 radical (unpaired) electrons. The fourth-order valence-corrected chi connectivity index (χ4v) is 1.76. The first-order valence-electron chi connectivity index (χ1n) is 5.81.